The number of esters is 1. The molecule has 0 bridgehead atoms. The van der Waals surface area contributed by atoms with Crippen LogP contribution in [0, 0.1) is 0 Å². The highest BCUT2D eigenvalue weighted by atomic mass is 16.5. The van der Waals surface area contributed by atoms with Crippen LogP contribution >= 0.6 is 0 Å². The van der Waals surface area contributed by atoms with Crippen molar-refractivity contribution in [1.82, 2.24) is 0 Å². The smallest absolute Gasteiger partial charge is 0.361 e. The minimum atomic E-state index is -0.164. The first kappa shape index (κ1) is 27.9. The molecule has 2 aromatic rings. The van der Waals surface area contributed by atoms with Crippen molar-refractivity contribution < 1.29 is 18.8 Å². The summed E-state index contributed by atoms with van der Waals surface area (Å²) in [6, 6.07) is 18.7. The molecule has 2 rings (SSSR count). The summed E-state index contributed by atoms with van der Waals surface area (Å²) in [6.07, 6.45) is 11.2. The van der Waals surface area contributed by atoms with Gasteiger partial charge in [-0.2, -0.15) is 0 Å². The first-order chi connectivity index (χ1) is 16.4. The molecule has 0 amide bonds. The molecule has 0 N–H and O–H groups in total. The Balaban J connectivity index is 1.60. The average molecular weight is 469 g/mol. The number of unbranched alkanes of at least 4 members (excludes halogenated alkanes) is 6. The van der Waals surface area contributed by atoms with E-state index >= 15 is 0 Å². The molecule has 0 spiro atoms. The third-order valence-electron chi connectivity index (χ3n) is 6.13. The van der Waals surface area contributed by atoms with Crippen LogP contribution in [-0.2, 0) is 22.5 Å². The molecular formula is C30H46NO3+. The zero-order valence-electron chi connectivity index (χ0n) is 21.9. The molecule has 0 aliphatic heterocycles. The number of benzene rings is 2. The summed E-state index contributed by atoms with van der Waals surface area (Å²) in [5.41, 5.74) is 2.59. The topological polar surface area (TPSA) is 35.5 Å². The lowest BCUT2D eigenvalue weighted by atomic mass is 10.0. The van der Waals surface area contributed by atoms with Gasteiger partial charge >= 0.3 is 5.97 Å². The maximum Gasteiger partial charge on any atom is 0.361 e. The van der Waals surface area contributed by atoms with Crippen molar-refractivity contribution in [2.45, 2.75) is 84.3 Å². The van der Waals surface area contributed by atoms with Gasteiger partial charge in [0.2, 0.25) is 0 Å². The van der Waals surface area contributed by atoms with E-state index in [4.69, 9.17) is 9.47 Å². The van der Waals surface area contributed by atoms with E-state index in [9.17, 15) is 4.79 Å². The highest BCUT2D eigenvalue weighted by molar-refractivity contribution is 5.70. The molecule has 0 fully saturated rings. The first-order valence-electron chi connectivity index (χ1n) is 13.1. The maximum atomic E-state index is 12.3. The Morgan fingerprint density at radius 1 is 0.853 bits per heavy atom. The molecule has 1 unspecified atom stereocenters. The van der Waals surface area contributed by atoms with Crippen LogP contribution in [0.4, 0.5) is 0 Å². The number of hydrogen-bond acceptors (Lipinski definition) is 3. The highest BCUT2D eigenvalue weighted by Crippen LogP contribution is 2.17. The van der Waals surface area contributed by atoms with Crippen molar-refractivity contribution in [2.24, 2.45) is 0 Å². The Labute approximate surface area is 207 Å². The minimum Gasteiger partial charge on any atom is -0.491 e. The number of quaternary nitrogens is 1. The van der Waals surface area contributed by atoms with Gasteiger partial charge in [0, 0.05) is 12.0 Å². The van der Waals surface area contributed by atoms with Crippen LogP contribution in [0.25, 0.3) is 0 Å². The summed E-state index contributed by atoms with van der Waals surface area (Å²) >= 11 is 0. The van der Waals surface area contributed by atoms with Crippen molar-refractivity contribution in [3.05, 3.63) is 65.7 Å². The fraction of sp³-hybridized carbons (Fsp3) is 0.567. The second kappa shape index (κ2) is 15.5. The molecule has 34 heavy (non-hydrogen) atoms. The normalized spacial score (nSPS) is 12.4. The summed E-state index contributed by atoms with van der Waals surface area (Å²) in [6.45, 7) is 5.81. The van der Waals surface area contributed by atoms with Crippen LogP contribution in [0.2, 0.25) is 0 Å². The van der Waals surface area contributed by atoms with E-state index in [1.165, 1.54) is 56.1 Å². The van der Waals surface area contributed by atoms with Gasteiger partial charge in [0.05, 0.1) is 26.8 Å². The average Bonchev–Trinajstić information content (AvgIpc) is 2.79. The Bertz CT molecular complexity index is 802. The SMILES string of the molecule is CCCCCCCCCc1ccc(OC(C)CCOC(=O)C[N+](C)(C)Cc2ccccc2)cc1. The van der Waals surface area contributed by atoms with E-state index in [1.807, 2.05) is 25.1 Å². The molecule has 4 heteroatoms. The van der Waals surface area contributed by atoms with Crippen LogP contribution in [0.5, 0.6) is 5.75 Å². The number of nitrogens with zero attached hydrogens (tertiary/aromatic N) is 1. The molecule has 0 aliphatic carbocycles. The zero-order valence-corrected chi connectivity index (χ0v) is 21.9. The molecule has 188 valence electrons. The number of carbonyl (C=O) groups is 1. The minimum absolute atomic E-state index is 0.00594. The number of ether oxygens (including phenoxy) is 2. The van der Waals surface area contributed by atoms with Crippen molar-refractivity contribution in [1.29, 1.82) is 0 Å². The van der Waals surface area contributed by atoms with Gasteiger partial charge < -0.3 is 14.0 Å². The van der Waals surface area contributed by atoms with Crippen LogP contribution in [0.1, 0.15) is 76.3 Å². The van der Waals surface area contributed by atoms with E-state index in [-0.39, 0.29) is 12.1 Å². The molecule has 2 aromatic carbocycles. The predicted octanol–water partition coefficient (Wildman–Crippen LogP) is 6.96. The second-order valence-electron chi connectivity index (χ2n) is 10.2. The lowest BCUT2D eigenvalue weighted by Gasteiger charge is -2.28. The summed E-state index contributed by atoms with van der Waals surface area (Å²) in [7, 11) is 4.11. The molecule has 1 atom stereocenters. The predicted molar refractivity (Wildman–Crippen MR) is 141 cm³/mol. The molecule has 4 nitrogen and oxygen atoms in total. The van der Waals surface area contributed by atoms with Crippen molar-refractivity contribution in [3.63, 3.8) is 0 Å². The lowest BCUT2D eigenvalue weighted by molar-refractivity contribution is -0.896. The molecule has 0 radical (unpaired) electrons. The number of rotatable bonds is 17. The van der Waals surface area contributed by atoms with E-state index < -0.39 is 0 Å². The van der Waals surface area contributed by atoms with Gasteiger partial charge in [-0.1, -0.05) is 87.9 Å². The third kappa shape index (κ3) is 12.2. The van der Waals surface area contributed by atoms with Gasteiger partial charge in [0.25, 0.3) is 0 Å². The fourth-order valence-electron chi connectivity index (χ4n) is 4.18. The Hall–Kier alpha value is -2.33. The molecule has 0 aliphatic rings. The summed E-state index contributed by atoms with van der Waals surface area (Å²) < 4.78 is 12.1. The number of likely N-dealkylation sites (N-methyl/N-ethyl adjacent to an activating group) is 1. The largest absolute Gasteiger partial charge is 0.491 e. The van der Waals surface area contributed by atoms with E-state index in [1.54, 1.807) is 0 Å². The van der Waals surface area contributed by atoms with Crippen LogP contribution in [0.15, 0.2) is 54.6 Å². The van der Waals surface area contributed by atoms with Crippen molar-refractivity contribution >= 4 is 5.97 Å². The van der Waals surface area contributed by atoms with Gasteiger partial charge in [-0.25, -0.2) is 4.79 Å². The number of carbonyl (C=O) groups excluding carboxylic acids is 1. The number of aryl methyl sites for hydroxylation is 1. The monoisotopic (exact) mass is 468 g/mol. The highest BCUT2D eigenvalue weighted by Gasteiger charge is 2.22. The number of hydrogen-bond donors (Lipinski definition) is 0. The Morgan fingerprint density at radius 3 is 2.18 bits per heavy atom. The van der Waals surface area contributed by atoms with E-state index in [2.05, 4.69) is 57.4 Å². The van der Waals surface area contributed by atoms with Crippen LogP contribution < -0.4 is 4.74 Å². The molecule has 0 saturated heterocycles. The van der Waals surface area contributed by atoms with Crippen LogP contribution in [-0.4, -0.2) is 43.8 Å². The third-order valence-corrected chi connectivity index (χ3v) is 6.13. The molecule has 0 aromatic heterocycles. The van der Waals surface area contributed by atoms with Crippen molar-refractivity contribution in [2.75, 3.05) is 27.2 Å². The fourth-order valence-corrected chi connectivity index (χ4v) is 4.18. The maximum absolute atomic E-state index is 12.3. The van der Waals surface area contributed by atoms with E-state index in [0.717, 1.165) is 18.7 Å². The summed E-state index contributed by atoms with van der Waals surface area (Å²) in [4.78, 5) is 12.3. The molecule has 0 saturated carbocycles. The van der Waals surface area contributed by atoms with Crippen LogP contribution in [0.3, 0.4) is 0 Å². The Morgan fingerprint density at radius 2 is 1.50 bits per heavy atom. The lowest BCUT2D eigenvalue weighted by Crippen LogP contribution is -2.43. The van der Waals surface area contributed by atoms with Gasteiger partial charge in [0.1, 0.15) is 12.3 Å². The first-order valence-corrected chi connectivity index (χ1v) is 13.1. The quantitative estimate of drug-likeness (QED) is 0.143. The summed E-state index contributed by atoms with van der Waals surface area (Å²) in [5, 5.41) is 0. The second-order valence-corrected chi connectivity index (χ2v) is 10.2. The van der Waals surface area contributed by atoms with Crippen molar-refractivity contribution in [3.8, 4) is 5.75 Å². The van der Waals surface area contributed by atoms with Gasteiger partial charge in [-0.3, -0.25) is 0 Å². The molecular weight excluding hydrogens is 422 g/mol. The Kier molecular flexibility index (Phi) is 12.8. The van der Waals surface area contributed by atoms with Gasteiger partial charge in [-0.15, -0.1) is 0 Å². The van der Waals surface area contributed by atoms with Gasteiger partial charge in [-0.05, 0) is 37.5 Å². The zero-order chi connectivity index (χ0) is 24.7. The standard InChI is InChI=1S/C30H46NO3/c1-5-6-7-8-9-10-12-15-27-18-20-29(21-19-27)34-26(2)22-23-33-30(32)25-31(3,4)24-28-16-13-11-14-17-28/h11,13-14,16-21,26H,5-10,12,15,22-25H2,1-4H3/q+1. The summed E-state index contributed by atoms with van der Waals surface area (Å²) in [5.74, 6) is 0.714. The van der Waals surface area contributed by atoms with Gasteiger partial charge in [0.15, 0.2) is 6.54 Å². The molecule has 0 heterocycles. The van der Waals surface area contributed by atoms with E-state index in [0.29, 0.717) is 24.1 Å².